The molecule has 0 fully saturated rings. The molecular weight excluding hydrogens is 270 g/mol. The van der Waals surface area contributed by atoms with Crippen molar-refractivity contribution in [3.8, 4) is 0 Å². The third kappa shape index (κ3) is 2.89. The van der Waals surface area contributed by atoms with Crippen LogP contribution in [0.1, 0.15) is 30.0 Å². The molecule has 0 atom stereocenters. The van der Waals surface area contributed by atoms with Crippen molar-refractivity contribution in [1.29, 1.82) is 0 Å². The Bertz CT molecular complexity index is 691. The highest BCUT2D eigenvalue weighted by atomic mass is 16.4. The number of aromatic nitrogens is 2. The van der Waals surface area contributed by atoms with Gasteiger partial charge in [-0.05, 0) is 25.1 Å². The number of rotatable bonds is 5. The summed E-state index contributed by atoms with van der Waals surface area (Å²) in [4.78, 5) is 29.3. The number of imidazole rings is 1. The highest BCUT2D eigenvalue weighted by Gasteiger charge is 2.16. The summed E-state index contributed by atoms with van der Waals surface area (Å²) in [5.41, 5.74) is 1.59. The zero-order valence-electron chi connectivity index (χ0n) is 12.5. The lowest BCUT2D eigenvalue weighted by molar-refractivity contribution is -0.130. The number of benzene rings is 1. The molecule has 0 bridgehead atoms. The topological polar surface area (TPSA) is 75.4 Å². The Morgan fingerprint density at radius 1 is 1.33 bits per heavy atom. The van der Waals surface area contributed by atoms with Gasteiger partial charge in [0.05, 0.1) is 16.6 Å². The third-order valence-corrected chi connectivity index (χ3v) is 3.58. The Morgan fingerprint density at radius 3 is 2.62 bits per heavy atom. The van der Waals surface area contributed by atoms with Gasteiger partial charge in [-0.3, -0.25) is 4.79 Å². The molecule has 6 heteroatoms. The third-order valence-electron chi connectivity index (χ3n) is 3.58. The fourth-order valence-electron chi connectivity index (χ4n) is 2.18. The monoisotopic (exact) mass is 289 g/mol. The van der Waals surface area contributed by atoms with Gasteiger partial charge >= 0.3 is 5.97 Å². The number of carbonyl (C=O) groups is 2. The second kappa shape index (κ2) is 5.95. The van der Waals surface area contributed by atoms with E-state index in [-0.39, 0.29) is 18.0 Å². The highest BCUT2D eigenvalue weighted by molar-refractivity contribution is 5.93. The molecule has 0 unspecified atom stereocenters. The molecule has 1 aromatic heterocycles. The number of aromatic carboxylic acids is 1. The van der Waals surface area contributed by atoms with Crippen LogP contribution in [-0.2, 0) is 17.8 Å². The maximum absolute atomic E-state index is 12.1. The Hall–Kier alpha value is -2.37. The quantitative estimate of drug-likeness (QED) is 0.910. The van der Waals surface area contributed by atoms with Gasteiger partial charge in [0.25, 0.3) is 0 Å². The van der Waals surface area contributed by atoms with E-state index in [0.717, 1.165) is 5.82 Å². The average Bonchev–Trinajstić information content (AvgIpc) is 2.83. The molecule has 0 aliphatic rings. The summed E-state index contributed by atoms with van der Waals surface area (Å²) in [6.07, 6.45) is 0.681. The minimum atomic E-state index is -0.986. The number of likely N-dealkylation sites (N-methyl/N-ethyl adjacent to an activating group) is 1. The fourth-order valence-corrected chi connectivity index (χ4v) is 2.18. The molecule has 1 N–H and O–H groups in total. The number of hydrogen-bond donors (Lipinski definition) is 1. The first-order valence-corrected chi connectivity index (χ1v) is 6.94. The van der Waals surface area contributed by atoms with Crippen molar-refractivity contribution >= 4 is 22.9 Å². The SMILES string of the molecule is CCc1nc2ccc(C(=O)O)cc2n1CC(=O)N(C)CC. The van der Waals surface area contributed by atoms with E-state index in [0.29, 0.717) is 24.0 Å². The Balaban J connectivity index is 2.51. The molecule has 0 aliphatic carbocycles. The molecule has 0 saturated heterocycles. The fraction of sp³-hybridized carbons (Fsp3) is 0.400. The molecule has 0 aliphatic heterocycles. The predicted molar refractivity (Wildman–Crippen MR) is 79.4 cm³/mol. The molecule has 1 heterocycles. The molecule has 21 heavy (non-hydrogen) atoms. The largest absolute Gasteiger partial charge is 0.478 e. The van der Waals surface area contributed by atoms with Crippen LogP contribution in [0.4, 0.5) is 0 Å². The van der Waals surface area contributed by atoms with Crippen molar-refractivity contribution in [3.05, 3.63) is 29.6 Å². The smallest absolute Gasteiger partial charge is 0.335 e. The van der Waals surface area contributed by atoms with Crippen molar-refractivity contribution in [2.45, 2.75) is 26.8 Å². The summed E-state index contributed by atoms with van der Waals surface area (Å²) in [5.74, 6) is -0.225. The first kappa shape index (κ1) is 15.0. The Labute approximate surface area is 123 Å². The van der Waals surface area contributed by atoms with E-state index in [2.05, 4.69) is 4.98 Å². The van der Waals surface area contributed by atoms with E-state index < -0.39 is 5.97 Å². The molecule has 0 radical (unpaired) electrons. The summed E-state index contributed by atoms with van der Waals surface area (Å²) < 4.78 is 1.80. The molecule has 0 spiro atoms. The first-order chi connectivity index (χ1) is 9.97. The number of carbonyl (C=O) groups excluding carboxylic acids is 1. The van der Waals surface area contributed by atoms with Crippen molar-refractivity contribution in [2.75, 3.05) is 13.6 Å². The van der Waals surface area contributed by atoms with Crippen LogP contribution in [0.25, 0.3) is 11.0 Å². The van der Waals surface area contributed by atoms with Gasteiger partial charge in [-0.2, -0.15) is 0 Å². The van der Waals surface area contributed by atoms with E-state index in [1.54, 1.807) is 28.6 Å². The molecule has 112 valence electrons. The van der Waals surface area contributed by atoms with E-state index in [9.17, 15) is 9.59 Å². The number of fused-ring (bicyclic) bond motifs is 1. The maximum Gasteiger partial charge on any atom is 0.335 e. The van der Waals surface area contributed by atoms with Gasteiger partial charge in [-0.1, -0.05) is 6.92 Å². The number of aryl methyl sites for hydroxylation is 1. The first-order valence-electron chi connectivity index (χ1n) is 6.94. The lowest BCUT2D eigenvalue weighted by Gasteiger charge is -2.16. The average molecular weight is 289 g/mol. The minimum absolute atomic E-state index is 0.0211. The van der Waals surface area contributed by atoms with Crippen LogP contribution in [-0.4, -0.2) is 45.0 Å². The second-order valence-electron chi connectivity index (χ2n) is 4.88. The summed E-state index contributed by atoms with van der Waals surface area (Å²) in [5, 5.41) is 9.10. The van der Waals surface area contributed by atoms with Gasteiger partial charge in [0.1, 0.15) is 12.4 Å². The van der Waals surface area contributed by atoms with Crippen molar-refractivity contribution in [3.63, 3.8) is 0 Å². The number of carboxylic acids is 1. The molecule has 2 aromatic rings. The summed E-state index contributed by atoms with van der Waals surface area (Å²) in [6, 6.07) is 4.78. The van der Waals surface area contributed by atoms with E-state index >= 15 is 0 Å². The lowest BCUT2D eigenvalue weighted by Crippen LogP contribution is -2.30. The number of hydrogen-bond acceptors (Lipinski definition) is 3. The van der Waals surface area contributed by atoms with Crippen LogP contribution in [0.3, 0.4) is 0 Å². The zero-order chi connectivity index (χ0) is 15.6. The van der Waals surface area contributed by atoms with E-state index in [4.69, 9.17) is 5.11 Å². The van der Waals surface area contributed by atoms with E-state index in [1.807, 2.05) is 13.8 Å². The molecule has 1 aromatic carbocycles. The van der Waals surface area contributed by atoms with Gasteiger partial charge in [0, 0.05) is 20.0 Å². The van der Waals surface area contributed by atoms with Crippen molar-refractivity contribution < 1.29 is 14.7 Å². The summed E-state index contributed by atoms with van der Waals surface area (Å²) in [7, 11) is 1.75. The van der Waals surface area contributed by atoms with Crippen LogP contribution in [0, 0.1) is 0 Å². The standard InChI is InChI=1S/C15H19N3O3/c1-4-13-16-11-7-6-10(15(20)21)8-12(11)18(13)9-14(19)17(3)5-2/h6-8H,4-5,9H2,1-3H3,(H,20,21). The Kier molecular flexibility index (Phi) is 4.26. The molecule has 6 nitrogen and oxygen atoms in total. The van der Waals surface area contributed by atoms with Gasteiger partial charge in [0.2, 0.25) is 5.91 Å². The van der Waals surface area contributed by atoms with Gasteiger partial charge in [-0.15, -0.1) is 0 Å². The predicted octanol–water partition coefficient (Wildman–Crippen LogP) is 1.78. The lowest BCUT2D eigenvalue weighted by atomic mass is 10.2. The zero-order valence-corrected chi connectivity index (χ0v) is 12.5. The number of amides is 1. The van der Waals surface area contributed by atoms with Gasteiger partial charge in [0.15, 0.2) is 0 Å². The molecular formula is C15H19N3O3. The highest BCUT2D eigenvalue weighted by Crippen LogP contribution is 2.19. The number of carboxylic acid groups (broad SMARTS) is 1. The van der Waals surface area contributed by atoms with Crippen LogP contribution in [0.5, 0.6) is 0 Å². The summed E-state index contributed by atoms with van der Waals surface area (Å²) in [6.45, 7) is 4.68. The normalized spacial score (nSPS) is 10.8. The number of nitrogens with zero attached hydrogens (tertiary/aromatic N) is 3. The van der Waals surface area contributed by atoms with Gasteiger partial charge in [-0.25, -0.2) is 9.78 Å². The molecule has 2 rings (SSSR count). The molecule has 1 amide bonds. The van der Waals surface area contributed by atoms with Crippen LogP contribution >= 0.6 is 0 Å². The maximum atomic E-state index is 12.1. The second-order valence-corrected chi connectivity index (χ2v) is 4.88. The summed E-state index contributed by atoms with van der Waals surface area (Å²) >= 11 is 0. The van der Waals surface area contributed by atoms with Crippen LogP contribution in [0.2, 0.25) is 0 Å². The minimum Gasteiger partial charge on any atom is -0.478 e. The van der Waals surface area contributed by atoms with Gasteiger partial charge < -0.3 is 14.6 Å². The van der Waals surface area contributed by atoms with E-state index in [1.165, 1.54) is 6.07 Å². The van der Waals surface area contributed by atoms with Crippen LogP contribution in [0.15, 0.2) is 18.2 Å². The van der Waals surface area contributed by atoms with Crippen molar-refractivity contribution in [1.82, 2.24) is 14.5 Å². The van der Waals surface area contributed by atoms with Crippen molar-refractivity contribution in [2.24, 2.45) is 0 Å². The van der Waals surface area contributed by atoms with Crippen LogP contribution < -0.4 is 0 Å². The Morgan fingerprint density at radius 2 is 2.05 bits per heavy atom. The molecule has 0 saturated carbocycles.